The highest BCUT2D eigenvalue weighted by molar-refractivity contribution is 7.89. The van der Waals surface area contributed by atoms with Crippen LogP contribution in [-0.4, -0.2) is 34.1 Å². The van der Waals surface area contributed by atoms with E-state index in [1.807, 2.05) is 0 Å². The molecule has 20 heavy (non-hydrogen) atoms. The van der Waals surface area contributed by atoms with Crippen LogP contribution < -0.4 is 4.72 Å². The Hall–Kier alpha value is -1.91. The molecule has 1 heterocycles. The predicted octanol–water partition coefficient (Wildman–Crippen LogP) is -0.382. The molecule has 0 spiro atoms. The van der Waals surface area contributed by atoms with Gasteiger partial charge >= 0.3 is 0 Å². The first-order chi connectivity index (χ1) is 9.44. The molecule has 0 saturated heterocycles. The number of rotatable bonds is 5. The number of nitrogens with one attached hydrogen (secondary N) is 2. The highest BCUT2D eigenvalue weighted by Crippen LogP contribution is 2.19. The minimum Gasteiger partial charge on any atom is -0.392 e. The van der Waals surface area contributed by atoms with Gasteiger partial charge in [0.05, 0.1) is 18.0 Å². The third-order valence-electron chi connectivity index (χ3n) is 2.59. The first kappa shape index (κ1) is 14.5. The molecule has 0 amide bonds. The van der Waals surface area contributed by atoms with E-state index in [4.69, 9.17) is 5.11 Å². The number of aromatic amines is 1. The number of aromatic nitrogens is 4. The Kier molecular flexibility index (Phi) is 4.06. The molecule has 0 aliphatic rings. The number of sulfonamides is 1. The second kappa shape index (κ2) is 5.61. The Labute approximate surface area is 114 Å². The molecule has 8 nitrogen and oxygen atoms in total. The number of benzene rings is 1. The fourth-order valence-corrected chi connectivity index (χ4v) is 2.69. The molecule has 10 heteroatoms. The monoisotopic (exact) mass is 301 g/mol. The van der Waals surface area contributed by atoms with E-state index in [0.29, 0.717) is 0 Å². The molecule has 2 aromatic rings. The number of aryl methyl sites for hydroxylation is 1. The summed E-state index contributed by atoms with van der Waals surface area (Å²) in [6.45, 7) is 0.692. The molecule has 0 aliphatic carbocycles. The summed E-state index contributed by atoms with van der Waals surface area (Å²) in [5.41, 5.74) is 0.0569. The van der Waals surface area contributed by atoms with Gasteiger partial charge in [0.1, 0.15) is 5.82 Å². The second-order valence-electron chi connectivity index (χ2n) is 4.02. The molecule has 0 unspecified atom stereocenters. The highest BCUT2D eigenvalue weighted by atomic mass is 32.2. The van der Waals surface area contributed by atoms with Gasteiger partial charge in [-0.2, -0.15) is 5.21 Å². The van der Waals surface area contributed by atoms with Gasteiger partial charge in [-0.1, -0.05) is 5.21 Å². The summed E-state index contributed by atoms with van der Waals surface area (Å²) in [7, 11) is -3.86. The van der Waals surface area contributed by atoms with Gasteiger partial charge in [-0.25, -0.2) is 17.5 Å². The van der Waals surface area contributed by atoms with Crippen LogP contribution in [-0.2, 0) is 23.2 Å². The number of nitrogens with zero attached hydrogens (tertiary/aromatic N) is 3. The number of hydrogen-bond donors (Lipinski definition) is 3. The van der Waals surface area contributed by atoms with E-state index < -0.39 is 22.4 Å². The molecule has 0 radical (unpaired) electrons. The van der Waals surface area contributed by atoms with Gasteiger partial charge in [-0.3, -0.25) is 0 Å². The quantitative estimate of drug-likeness (QED) is 0.692. The molecule has 108 valence electrons. The minimum absolute atomic E-state index is 0.0788. The van der Waals surface area contributed by atoms with Crippen molar-refractivity contribution < 1.29 is 17.9 Å². The zero-order chi connectivity index (χ0) is 14.8. The van der Waals surface area contributed by atoms with Crippen molar-refractivity contribution in [3.8, 4) is 0 Å². The summed E-state index contributed by atoms with van der Waals surface area (Å²) in [5.74, 6) is -0.445. The Bertz CT molecular complexity index is 702. The third-order valence-corrected chi connectivity index (χ3v) is 3.97. The summed E-state index contributed by atoms with van der Waals surface area (Å²) in [6, 6.07) is 2.27. The lowest BCUT2D eigenvalue weighted by Gasteiger charge is -2.09. The van der Waals surface area contributed by atoms with Crippen molar-refractivity contribution in [2.45, 2.75) is 25.0 Å². The van der Waals surface area contributed by atoms with Gasteiger partial charge < -0.3 is 5.11 Å². The number of H-pyrrole nitrogens is 1. The molecule has 0 atom stereocenters. The molecule has 1 aromatic heterocycles. The molecule has 3 N–H and O–H groups in total. The molecular weight excluding hydrogens is 289 g/mol. The van der Waals surface area contributed by atoms with Gasteiger partial charge in [0, 0.05) is 5.56 Å². The molecule has 0 saturated carbocycles. The maximum Gasteiger partial charge on any atom is 0.241 e. The van der Waals surface area contributed by atoms with Crippen LogP contribution in [0, 0.1) is 12.7 Å². The van der Waals surface area contributed by atoms with Gasteiger partial charge in [0.25, 0.3) is 0 Å². The van der Waals surface area contributed by atoms with Crippen LogP contribution in [0.1, 0.15) is 17.0 Å². The Morgan fingerprint density at radius 2 is 2.20 bits per heavy atom. The van der Waals surface area contributed by atoms with E-state index >= 15 is 0 Å². The van der Waals surface area contributed by atoms with Crippen LogP contribution >= 0.6 is 0 Å². The third kappa shape index (κ3) is 2.98. The summed E-state index contributed by atoms with van der Waals surface area (Å²) >= 11 is 0. The maximum absolute atomic E-state index is 13.6. The van der Waals surface area contributed by atoms with Crippen LogP contribution in [0.5, 0.6) is 0 Å². The van der Waals surface area contributed by atoms with Crippen LogP contribution in [0.2, 0.25) is 0 Å². The zero-order valence-electron chi connectivity index (χ0n) is 10.5. The maximum atomic E-state index is 13.6. The lowest BCUT2D eigenvalue weighted by Crippen LogP contribution is -2.24. The smallest absolute Gasteiger partial charge is 0.241 e. The summed E-state index contributed by atoms with van der Waals surface area (Å²) in [4.78, 5) is -0.135. The number of hydrogen-bond acceptors (Lipinski definition) is 6. The van der Waals surface area contributed by atoms with Crippen molar-refractivity contribution >= 4 is 10.0 Å². The van der Waals surface area contributed by atoms with Crippen molar-refractivity contribution in [3.05, 3.63) is 34.9 Å². The van der Waals surface area contributed by atoms with Crippen molar-refractivity contribution in [1.29, 1.82) is 0 Å². The first-order valence-electron chi connectivity index (χ1n) is 5.56. The van der Waals surface area contributed by atoms with E-state index in [-0.39, 0.29) is 28.4 Å². The largest absolute Gasteiger partial charge is 0.392 e. The van der Waals surface area contributed by atoms with Crippen LogP contribution in [0.25, 0.3) is 0 Å². The van der Waals surface area contributed by atoms with Crippen LogP contribution in [0.3, 0.4) is 0 Å². The van der Waals surface area contributed by atoms with Crippen LogP contribution in [0.4, 0.5) is 4.39 Å². The molecule has 2 rings (SSSR count). The number of halogens is 1. The predicted molar refractivity (Wildman–Crippen MR) is 65.3 cm³/mol. The molecule has 0 fully saturated rings. The van der Waals surface area contributed by atoms with Crippen LogP contribution in [0.15, 0.2) is 17.0 Å². The van der Waals surface area contributed by atoms with Gasteiger partial charge in [0.15, 0.2) is 5.82 Å². The van der Waals surface area contributed by atoms with E-state index in [0.717, 1.165) is 6.07 Å². The van der Waals surface area contributed by atoms with Gasteiger partial charge in [-0.05, 0) is 24.6 Å². The van der Waals surface area contributed by atoms with E-state index in [1.165, 1.54) is 13.0 Å². The Morgan fingerprint density at radius 1 is 1.45 bits per heavy atom. The molecular formula is C10H12FN5O3S. The molecule has 1 aromatic carbocycles. The van der Waals surface area contributed by atoms with Gasteiger partial charge in [-0.15, -0.1) is 10.2 Å². The van der Waals surface area contributed by atoms with E-state index in [9.17, 15) is 12.8 Å². The van der Waals surface area contributed by atoms with Crippen molar-refractivity contribution in [2.24, 2.45) is 0 Å². The number of aliphatic hydroxyl groups is 1. The standard InChI is InChI=1S/C10H12FN5O3S/c1-6-2-8(3-7(5-17)10(6)11)20(18,19)12-4-9-13-15-16-14-9/h2-3,12,17H,4-5H2,1H3,(H,13,14,15,16). The van der Waals surface area contributed by atoms with Crippen molar-refractivity contribution in [1.82, 2.24) is 25.3 Å². The topological polar surface area (TPSA) is 121 Å². The fourth-order valence-electron chi connectivity index (χ4n) is 1.58. The van der Waals surface area contributed by atoms with Crippen molar-refractivity contribution in [2.75, 3.05) is 0 Å². The number of aliphatic hydroxyl groups excluding tert-OH is 1. The average molecular weight is 301 g/mol. The van der Waals surface area contributed by atoms with Crippen molar-refractivity contribution in [3.63, 3.8) is 0 Å². The summed E-state index contributed by atoms with van der Waals surface area (Å²) in [6.07, 6.45) is 0. The van der Waals surface area contributed by atoms with Gasteiger partial charge in [0.2, 0.25) is 10.0 Å². The lowest BCUT2D eigenvalue weighted by atomic mass is 10.1. The first-order valence-corrected chi connectivity index (χ1v) is 7.04. The summed E-state index contributed by atoms with van der Waals surface area (Å²) < 4.78 is 39.9. The Balaban J connectivity index is 2.27. The summed E-state index contributed by atoms with van der Waals surface area (Å²) in [5, 5.41) is 21.7. The Morgan fingerprint density at radius 3 is 2.80 bits per heavy atom. The average Bonchev–Trinajstić information content (AvgIpc) is 2.92. The SMILES string of the molecule is Cc1cc(S(=O)(=O)NCc2nn[nH]n2)cc(CO)c1F. The number of tetrazole rings is 1. The lowest BCUT2D eigenvalue weighted by molar-refractivity contribution is 0.275. The highest BCUT2D eigenvalue weighted by Gasteiger charge is 2.18. The zero-order valence-corrected chi connectivity index (χ0v) is 11.3. The normalized spacial score (nSPS) is 11.8. The van der Waals surface area contributed by atoms with E-state index in [1.54, 1.807) is 0 Å². The molecule has 0 bridgehead atoms. The minimum atomic E-state index is -3.86. The molecule has 0 aliphatic heterocycles. The van der Waals surface area contributed by atoms with E-state index in [2.05, 4.69) is 25.3 Å². The fraction of sp³-hybridized carbons (Fsp3) is 0.300. The second-order valence-corrected chi connectivity index (χ2v) is 5.79.